The van der Waals surface area contributed by atoms with Gasteiger partial charge in [-0.15, -0.1) is 0 Å². The number of nitrogens with one attached hydrogen (secondary N) is 1. The van der Waals surface area contributed by atoms with Crippen LogP contribution in [0.5, 0.6) is 0 Å². The summed E-state index contributed by atoms with van der Waals surface area (Å²) in [5.74, 6) is 0. The summed E-state index contributed by atoms with van der Waals surface area (Å²) >= 11 is 0. The molecule has 4 rings (SSSR count). The van der Waals surface area contributed by atoms with Gasteiger partial charge in [-0.1, -0.05) is 0 Å². The molecule has 0 radical (unpaired) electrons. The maximum Gasteiger partial charge on any atom is 0.0951 e. The minimum absolute atomic E-state index is 0.679. The Morgan fingerprint density at radius 2 is 2.11 bits per heavy atom. The number of nitrogens with zero attached hydrogens (tertiary/aromatic N) is 3. The highest BCUT2D eigenvalue weighted by Gasteiger charge is 2.33. The van der Waals surface area contributed by atoms with Crippen LogP contribution in [0, 0.1) is 0 Å². The molecule has 1 aromatic heterocycles. The van der Waals surface area contributed by atoms with Crippen LogP contribution in [0.1, 0.15) is 50.3 Å². The second-order valence-corrected chi connectivity index (χ2v) is 6.46. The highest BCUT2D eigenvalue weighted by molar-refractivity contribution is 5.03. The van der Waals surface area contributed by atoms with Crippen LogP contribution >= 0.6 is 0 Å². The van der Waals surface area contributed by atoms with E-state index in [1.54, 1.807) is 0 Å². The first-order chi connectivity index (χ1) is 9.40. The van der Waals surface area contributed by atoms with Crippen LogP contribution in [0.25, 0.3) is 0 Å². The van der Waals surface area contributed by atoms with Crippen molar-refractivity contribution >= 4 is 0 Å². The quantitative estimate of drug-likeness (QED) is 0.898. The predicted octanol–water partition coefficient (Wildman–Crippen LogP) is 1.93. The Balaban J connectivity index is 1.44. The first-order valence-electron chi connectivity index (χ1n) is 7.88. The number of rotatable bonds is 4. The molecule has 3 aliphatic rings. The van der Waals surface area contributed by atoms with Crippen molar-refractivity contribution in [3.05, 3.63) is 18.2 Å². The molecule has 4 heteroatoms. The standard InChI is InChI=1S/C15H24N4/c1-2-13-8-14(5-7-18(13)6-1)19-11-16-9-15(19)10-17-12-3-4-12/h9,11-14,17H,1-8,10H2. The van der Waals surface area contributed by atoms with Crippen molar-refractivity contribution in [2.24, 2.45) is 0 Å². The molecule has 3 heterocycles. The lowest BCUT2D eigenvalue weighted by molar-refractivity contribution is 0.154. The Morgan fingerprint density at radius 1 is 1.16 bits per heavy atom. The van der Waals surface area contributed by atoms with Crippen LogP contribution in [0.4, 0.5) is 0 Å². The molecule has 104 valence electrons. The number of piperidine rings is 1. The SMILES string of the molecule is c1ncn(C2CCN3CCCC3C2)c1CNC1CC1. The van der Waals surface area contributed by atoms with Gasteiger partial charge in [0.1, 0.15) is 0 Å². The molecule has 1 aliphatic carbocycles. The molecule has 2 saturated heterocycles. The van der Waals surface area contributed by atoms with Crippen molar-refractivity contribution in [1.82, 2.24) is 19.8 Å². The van der Waals surface area contributed by atoms with Crippen LogP contribution in [-0.4, -0.2) is 39.6 Å². The summed E-state index contributed by atoms with van der Waals surface area (Å²) in [4.78, 5) is 7.08. The lowest BCUT2D eigenvalue weighted by atomic mass is 9.97. The molecule has 4 nitrogen and oxygen atoms in total. The second kappa shape index (κ2) is 4.91. The van der Waals surface area contributed by atoms with E-state index < -0.39 is 0 Å². The highest BCUT2D eigenvalue weighted by Crippen LogP contribution is 2.33. The Morgan fingerprint density at radius 3 is 3.00 bits per heavy atom. The van der Waals surface area contributed by atoms with Gasteiger partial charge in [-0.05, 0) is 45.1 Å². The smallest absolute Gasteiger partial charge is 0.0951 e. The van der Waals surface area contributed by atoms with Crippen LogP contribution < -0.4 is 5.32 Å². The topological polar surface area (TPSA) is 33.1 Å². The minimum atomic E-state index is 0.679. The fourth-order valence-corrected chi connectivity index (χ4v) is 3.79. The molecule has 0 aromatic carbocycles. The van der Waals surface area contributed by atoms with Crippen LogP contribution in [0.15, 0.2) is 12.5 Å². The van der Waals surface area contributed by atoms with Crippen molar-refractivity contribution in [2.45, 2.75) is 63.2 Å². The van der Waals surface area contributed by atoms with Crippen LogP contribution in [0.3, 0.4) is 0 Å². The molecule has 0 bridgehead atoms. The molecule has 1 N–H and O–H groups in total. The molecule has 2 unspecified atom stereocenters. The zero-order valence-corrected chi connectivity index (χ0v) is 11.6. The van der Waals surface area contributed by atoms with Gasteiger partial charge in [0.2, 0.25) is 0 Å². The van der Waals surface area contributed by atoms with Gasteiger partial charge in [0.05, 0.1) is 12.0 Å². The summed E-state index contributed by atoms with van der Waals surface area (Å²) in [7, 11) is 0. The van der Waals surface area contributed by atoms with Gasteiger partial charge in [0, 0.05) is 37.4 Å². The summed E-state index contributed by atoms with van der Waals surface area (Å²) in [6.45, 7) is 3.61. The first-order valence-corrected chi connectivity index (χ1v) is 7.88. The van der Waals surface area contributed by atoms with E-state index >= 15 is 0 Å². The van der Waals surface area contributed by atoms with Gasteiger partial charge < -0.3 is 14.8 Å². The van der Waals surface area contributed by atoms with Crippen molar-refractivity contribution in [3.63, 3.8) is 0 Å². The molecular weight excluding hydrogens is 236 g/mol. The van der Waals surface area contributed by atoms with Gasteiger partial charge in [-0.25, -0.2) is 4.98 Å². The normalized spacial score (nSPS) is 31.6. The fraction of sp³-hybridized carbons (Fsp3) is 0.800. The molecule has 0 spiro atoms. The molecule has 1 saturated carbocycles. The Bertz CT molecular complexity index is 437. The maximum absolute atomic E-state index is 4.39. The summed E-state index contributed by atoms with van der Waals surface area (Å²) in [6, 6.07) is 2.29. The van der Waals surface area contributed by atoms with Gasteiger partial charge in [-0.2, -0.15) is 0 Å². The molecule has 1 aromatic rings. The number of imidazole rings is 1. The van der Waals surface area contributed by atoms with Gasteiger partial charge in [0.15, 0.2) is 0 Å². The minimum Gasteiger partial charge on any atom is -0.330 e. The Labute approximate surface area is 115 Å². The van der Waals surface area contributed by atoms with E-state index in [4.69, 9.17) is 0 Å². The summed E-state index contributed by atoms with van der Waals surface area (Å²) in [5, 5.41) is 3.61. The molecule has 2 atom stereocenters. The molecule has 19 heavy (non-hydrogen) atoms. The molecule has 0 amide bonds. The lowest BCUT2D eigenvalue weighted by Crippen LogP contribution is -2.39. The van der Waals surface area contributed by atoms with Crippen molar-refractivity contribution in [2.75, 3.05) is 13.1 Å². The van der Waals surface area contributed by atoms with Crippen molar-refractivity contribution in [3.8, 4) is 0 Å². The van der Waals surface area contributed by atoms with Gasteiger partial charge >= 0.3 is 0 Å². The largest absolute Gasteiger partial charge is 0.330 e. The highest BCUT2D eigenvalue weighted by atomic mass is 15.2. The fourth-order valence-electron chi connectivity index (χ4n) is 3.79. The average Bonchev–Trinajstić information content (AvgIpc) is 2.97. The summed E-state index contributed by atoms with van der Waals surface area (Å²) in [5.41, 5.74) is 1.38. The Hall–Kier alpha value is -0.870. The summed E-state index contributed by atoms with van der Waals surface area (Å²) < 4.78 is 2.45. The Kier molecular flexibility index (Phi) is 3.08. The van der Waals surface area contributed by atoms with Gasteiger partial charge in [-0.3, -0.25) is 0 Å². The summed E-state index contributed by atoms with van der Waals surface area (Å²) in [6.07, 6.45) is 12.2. The third kappa shape index (κ3) is 2.43. The predicted molar refractivity (Wildman–Crippen MR) is 75.0 cm³/mol. The van der Waals surface area contributed by atoms with Crippen molar-refractivity contribution < 1.29 is 0 Å². The lowest BCUT2D eigenvalue weighted by Gasteiger charge is -2.36. The first kappa shape index (κ1) is 11.9. The second-order valence-electron chi connectivity index (χ2n) is 6.46. The number of aromatic nitrogens is 2. The number of hydrogen-bond acceptors (Lipinski definition) is 3. The van der Waals surface area contributed by atoms with E-state index in [0.29, 0.717) is 6.04 Å². The van der Waals surface area contributed by atoms with Gasteiger partial charge in [0.25, 0.3) is 0 Å². The van der Waals surface area contributed by atoms with Crippen LogP contribution in [0.2, 0.25) is 0 Å². The molecule has 2 aliphatic heterocycles. The van der Waals surface area contributed by atoms with E-state index in [0.717, 1.165) is 18.6 Å². The van der Waals surface area contributed by atoms with E-state index in [-0.39, 0.29) is 0 Å². The third-order valence-electron chi connectivity index (χ3n) is 5.08. The van der Waals surface area contributed by atoms with E-state index in [9.17, 15) is 0 Å². The van der Waals surface area contributed by atoms with E-state index in [2.05, 4.69) is 32.3 Å². The van der Waals surface area contributed by atoms with Crippen molar-refractivity contribution in [1.29, 1.82) is 0 Å². The number of fused-ring (bicyclic) bond motifs is 1. The molecular formula is C15H24N4. The number of hydrogen-bond donors (Lipinski definition) is 1. The zero-order chi connectivity index (χ0) is 12.7. The van der Waals surface area contributed by atoms with Crippen LogP contribution in [-0.2, 0) is 6.54 Å². The van der Waals surface area contributed by atoms with E-state index in [1.165, 1.54) is 57.3 Å². The van der Waals surface area contributed by atoms with E-state index in [1.807, 2.05) is 0 Å². The monoisotopic (exact) mass is 260 g/mol. The maximum atomic E-state index is 4.39. The zero-order valence-electron chi connectivity index (χ0n) is 11.6. The average molecular weight is 260 g/mol. The molecule has 3 fully saturated rings. The third-order valence-corrected chi connectivity index (χ3v) is 5.08.